The maximum absolute atomic E-state index is 14.3. The van der Waals surface area contributed by atoms with Gasteiger partial charge in [-0.05, 0) is 56.2 Å². The van der Waals surface area contributed by atoms with Crippen LogP contribution >= 0.6 is 0 Å². The number of rotatable bonds is 13. The summed E-state index contributed by atoms with van der Waals surface area (Å²) in [7, 11) is -2.35. The maximum Gasteiger partial charge on any atom is 0.244 e. The van der Waals surface area contributed by atoms with E-state index in [1.54, 1.807) is 43.5 Å². The molecule has 0 unspecified atom stereocenters. The predicted octanol–water partition coefficient (Wildman–Crippen LogP) is 3.79. The molecule has 2 amide bonds. The average molecular weight is 610 g/mol. The summed E-state index contributed by atoms with van der Waals surface area (Å²) in [5.74, 6) is 0.407. The van der Waals surface area contributed by atoms with E-state index >= 15 is 0 Å². The lowest BCUT2D eigenvalue weighted by Crippen LogP contribution is -2.54. The van der Waals surface area contributed by atoms with Crippen molar-refractivity contribution in [1.29, 1.82) is 0 Å². The standard InChI is InChI=1S/C32H39N3O7S/c1-5-43(38,39)35(26-14-15-29-30(20-26)42-17-16-41-29)22-31(36)34(21-25-12-9-13-27(18-25)40-4)28(32(37)33-23(2)3)19-24-10-7-6-8-11-24/h6-15,18,20,23,28H,5,16-17,19,21-22H2,1-4H3,(H,33,37)/t28-/m0/s1. The second kappa shape index (κ2) is 14.3. The van der Waals surface area contributed by atoms with E-state index in [1.165, 1.54) is 11.8 Å². The third kappa shape index (κ3) is 8.19. The topological polar surface area (TPSA) is 114 Å². The zero-order chi connectivity index (χ0) is 31.0. The van der Waals surface area contributed by atoms with E-state index < -0.39 is 28.5 Å². The number of anilines is 1. The molecule has 1 aliphatic heterocycles. The van der Waals surface area contributed by atoms with Crippen molar-refractivity contribution in [2.45, 2.75) is 45.8 Å². The van der Waals surface area contributed by atoms with Crippen LogP contribution in [-0.2, 0) is 32.6 Å². The largest absolute Gasteiger partial charge is 0.497 e. The molecule has 0 spiro atoms. The van der Waals surface area contributed by atoms with Crippen LogP contribution in [0.25, 0.3) is 0 Å². The summed E-state index contributed by atoms with van der Waals surface area (Å²) in [5, 5.41) is 2.95. The van der Waals surface area contributed by atoms with Gasteiger partial charge in [-0.3, -0.25) is 13.9 Å². The minimum absolute atomic E-state index is 0.0558. The Hall–Kier alpha value is -4.25. The molecular weight excluding hydrogens is 570 g/mol. The molecule has 0 bridgehead atoms. The summed E-state index contributed by atoms with van der Waals surface area (Å²) >= 11 is 0. The molecule has 230 valence electrons. The van der Waals surface area contributed by atoms with E-state index in [2.05, 4.69) is 5.32 Å². The number of nitrogens with zero attached hydrogens (tertiary/aromatic N) is 2. The monoisotopic (exact) mass is 609 g/mol. The SMILES string of the molecule is CCS(=O)(=O)N(CC(=O)N(Cc1cccc(OC)c1)[C@@H](Cc1ccccc1)C(=O)NC(C)C)c1ccc2c(c1)OCCO2. The molecule has 0 radical (unpaired) electrons. The molecule has 1 atom stereocenters. The van der Waals surface area contributed by atoms with Crippen LogP contribution in [0.1, 0.15) is 31.9 Å². The smallest absolute Gasteiger partial charge is 0.244 e. The number of ether oxygens (including phenoxy) is 3. The molecule has 0 saturated carbocycles. The van der Waals surface area contributed by atoms with Crippen LogP contribution in [-0.4, -0.2) is 69.8 Å². The molecule has 0 saturated heterocycles. The Morgan fingerprint density at radius 1 is 0.930 bits per heavy atom. The highest BCUT2D eigenvalue weighted by Crippen LogP contribution is 2.35. The Balaban J connectivity index is 1.76. The van der Waals surface area contributed by atoms with E-state index in [1.807, 2.05) is 50.2 Å². The normalized spacial score (nSPS) is 13.2. The van der Waals surface area contributed by atoms with Gasteiger partial charge in [-0.25, -0.2) is 8.42 Å². The fraction of sp³-hybridized carbons (Fsp3) is 0.375. The molecule has 43 heavy (non-hydrogen) atoms. The van der Waals surface area contributed by atoms with Crippen molar-refractivity contribution in [3.8, 4) is 17.2 Å². The lowest BCUT2D eigenvalue weighted by Gasteiger charge is -2.34. The predicted molar refractivity (Wildman–Crippen MR) is 165 cm³/mol. The minimum atomic E-state index is -3.91. The Morgan fingerprint density at radius 2 is 1.63 bits per heavy atom. The Labute approximate surface area is 253 Å². The fourth-order valence-corrected chi connectivity index (χ4v) is 5.86. The number of fused-ring (bicyclic) bond motifs is 1. The first-order valence-electron chi connectivity index (χ1n) is 14.3. The first-order chi connectivity index (χ1) is 20.6. The van der Waals surface area contributed by atoms with E-state index in [0.29, 0.717) is 30.5 Å². The van der Waals surface area contributed by atoms with Crippen LogP contribution < -0.4 is 23.8 Å². The highest BCUT2D eigenvalue weighted by atomic mass is 32.2. The zero-order valence-electron chi connectivity index (χ0n) is 25.0. The number of amides is 2. The molecule has 1 aliphatic rings. The van der Waals surface area contributed by atoms with Gasteiger partial charge in [0, 0.05) is 25.1 Å². The van der Waals surface area contributed by atoms with Crippen LogP contribution in [0.2, 0.25) is 0 Å². The number of hydrogen-bond donors (Lipinski definition) is 1. The highest BCUT2D eigenvalue weighted by molar-refractivity contribution is 7.92. The van der Waals surface area contributed by atoms with Gasteiger partial charge >= 0.3 is 0 Å². The van der Waals surface area contributed by atoms with Gasteiger partial charge < -0.3 is 24.4 Å². The van der Waals surface area contributed by atoms with Gasteiger partial charge in [-0.2, -0.15) is 0 Å². The van der Waals surface area contributed by atoms with Crippen LogP contribution in [0.4, 0.5) is 5.69 Å². The van der Waals surface area contributed by atoms with Gasteiger partial charge in [0.05, 0.1) is 18.6 Å². The molecule has 3 aromatic rings. The molecule has 0 fully saturated rings. The molecule has 11 heteroatoms. The van der Waals surface area contributed by atoms with Crippen LogP contribution in [0.15, 0.2) is 72.8 Å². The Kier molecular flexibility index (Phi) is 10.5. The minimum Gasteiger partial charge on any atom is -0.497 e. The molecule has 10 nitrogen and oxygen atoms in total. The third-order valence-corrected chi connectivity index (χ3v) is 8.72. The number of sulfonamides is 1. The number of benzene rings is 3. The number of hydrogen-bond acceptors (Lipinski definition) is 7. The van der Waals surface area contributed by atoms with Crippen molar-refractivity contribution in [2.75, 3.05) is 36.9 Å². The van der Waals surface area contributed by atoms with Crippen LogP contribution in [0.5, 0.6) is 17.2 Å². The highest BCUT2D eigenvalue weighted by Gasteiger charge is 2.34. The van der Waals surface area contributed by atoms with E-state index in [9.17, 15) is 18.0 Å². The van der Waals surface area contributed by atoms with Gasteiger partial charge in [0.25, 0.3) is 0 Å². The molecular formula is C32H39N3O7S. The molecule has 0 aliphatic carbocycles. The second-order valence-corrected chi connectivity index (χ2v) is 12.7. The summed E-state index contributed by atoms with van der Waals surface area (Å²) in [6, 6.07) is 20.3. The van der Waals surface area contributed by atoms with E-state index in [0.717, 1.165) is 15.4 Å². The average Bonchev–Trinajstić information content (AvgIpc) is 3.01. The number of carbonyl (C=O) groups excluding carboxylic acids is 2. The van der Waals surface area contributed by atoms with Crippen molar-refractivity contribution in [3.63, 3.8) is 0 Å². The second-order valence-electron chi connectivity index (χ2n) is 10.5. The summed E-state index contributed by atoms with van der Waals surface area (Å²) in [5.41, 5.74) is 1.86. The van der Waals surface area contributed by atoms with Crippen LogP contribution in [0.3, 0.4) is 0 Å². The van der Waals surface area contributed by atoms with Gasteiger partial charge in [0.1, 0.15) is 31.5 Å². The summed E-state index contributed by atoms with van der Waals surface area (Å²) in [6.07, 6.45) is 0.236. The lowest BCUT2D eigenvalue weighted by molar-refractivity contribution is -0.140. The Bertz CT molecular complexity index is 1510. The third-order valence-electron chi connectivity index (χ3n) is 6.98. The lowest BCUT2D eigenvalue weighted by atomic mass is 10.0. The Morgan fingerprint density at radius 3 is 2.30 bits per heavy atom. The maximum atomic E-state index is 14.3. The quantitative estimate of drug-likeness (QED) is 0.314. The van der Waals surface area contributed by atoms with Crippen molar-refractivity contribution in [2.24, 2.45) is 0 Å². The van der Waals surface area contributed by atoms with Gasteiger partial charge in [-0.1, -0.05) is 42.5 Å². The number of nitrogens with one attached hydrogen (secondary N) is 1. The molecule has 0 aromatic heterocycles. The molecule has 3 aromatic carbocycles. The molecule has 1 N–H and O–H groups in total. The van der Waals surface area contributed by atoms with Crippen molar-refractivity contribution in [3.05, 3.63) is 83.9 Å². The van der Waals surface area contributed by atoms with Crippen molar-refractivity contribution in [1.82, 2.24) is 10.2 Å². The van der Waals surface area contributed by atoms with Crippen molar-refractivity contribution >= 4 is 27.5 Å². The van der Waals surface area contributed by atoms with E-state index in [-0.39, 0.29) is 36.4 Å². The molecule has 4 rings (SSSR count). The molecule has 1 heterocycles. The summed E-state index contributed by atoms with van der Waals surface area (Å²) < 4.78 is 44.5. The van der Waals surface area contributed by atoms with Crippen molar-refractivity contribution < 1.29 is 32.2 Å². The first kappa shape index (κ1) is 31.7. The van der Waals surface area contributed by atoms with Crippen LogP contribution in [0, 0.1) is 0 Å². The zero-order valence-corrected chi connectivity index (χ0v) is 25.8. The first-order valence-corrected chi connectivity index (χ1v) is 15.9. The van der Waals surface area contributed by atoms with Gasteiger partial charge in [0.2, 0.25) is 21.8 Å². The number of methoxy groups -OCH3 is 1. The van der Waals surface area contributed by atoms with Gasteiger partial charge in [0.15, 0.2) is 11.5 Å². The summed E-state index contributed by atoms with van der Waals surface area (Å²) in [6.45, 7) is 5.48. The van der Waals surface area contributed by atoms with Gasteiger partial charge in [-0.15, -0.1) is 0 Å². The van der Waals surface area contributed by atoms with E-state index in [4.69, 9.17) is 14.2 Å². The fourth-order valence-electron chi connectivity index (χ4n) is 4.81. The number of carbonyl (C=O) groups is 2. The summed E-state index contributed by atoms with van der Waals surface area (Å²) in [4.78, 5) is 29.5.